The maximum atomic E-state index is 14.1. The van der Waals surface area contributed by atoms with Gasteiger partial charge in [-0.3, -0.25) is 0 Å². The Morgan fingerprint density at radius 1 is 1.50 bits per heavy atom. The number of carboxylic acid groups (broad SMARTS) is 1. The highest BCUT2D eigenvalue weighted by Gasteiger charge is 2.27. The summed E-state index contributed by atoms with van der Waals surface area (Å²) < 4.78 is 16.5. The first-order chi connectivity index (χ1) is 10.5. The summed E-state index contributed by atoms with van der Waals surface area (Å²) in [6.45, 7) is 1.58. The molecule has 1 aromatic heterocycles. The molecule has 0 bridgehead atoms. The van der Waals surface area contributed by atoms with Gasteiger partial charge in [0.25, 0.3) is 0 Å². The summed E-state index contributed by atoms with van der Waals surface area (Å²) in [6.07, 6.45) is 1.44. The molecule has 2 heterocycles. The Labute approximate surface area is 134 Å². The van der Waals surface area contributed by atoms with Crippen LogP contribution in [0.15, 0.2) is 29.0 Å². The van der Waals surface area contributed by atoms with E-state index in [1.165, 1.54) is 11.0 Å². The molecule has 116 valence electrons. The third-order valence-corrected chi connectivity index (χ3v) is 4.29. The summed E-state index contributed by atoms with van der Waals surface area (Å²) in [5.41, 5.74) is 0.383. The van der Waals surface area contributed by atoms with Crippen LogP contribution in [0.4, 0.5) is 9.18 Å². The van der Waals surface area contributed by atoms with Crippen molar-refractivity contribution in [3.8, 4) is 11.4 Å². The fourth-order valence-corrected chi connectivity index (χ4v) is 3.03. The fourth-order valence-electron chi connectivity index (χ4n) is 2.70. The average Bonchev–Trinajstić information content (AvgIpc) is 3.09. The molecule has 3 rings (SSSR count). The average molecular weight is 369 g/mol. The lowest BCUT2D eigenvalue weighted by atomic mass is 10.1. The van der Waals surface area contributed by atoms with Crippen molar-refractivity contribution in [1.29, 1.82) is 0 Å². The Bertz CT molecular complexity index is 706. The van der Waals surface area contributed by atoms with Gasteiger partial charge in [0.1, 0.15) is 12.1 Å². The van der Waals surface area contributed by atoms with Gasteiger partial charge in [0, 0.05) is 24.1 Å². The second-order valence-electron chi connectivity index (χ2n) is 5.31. The van der Waals surface area contributed by atoms with Crippen molar-refractivity contribution in [3.63, 3.8) is 0 Å². The van der Waals surface area contributed by atoms with Gasteiger partial charge in [0.05, 0.1) is 5.56 Å². The Hall–Kier alpha value is -1.96. The van der Waals surface area contributed by atoms with Crippen molar-refractivity contribution in [2.75, 3.05) is 13.1 Å². The minimum atomic E-state index is -0.898. The molecule has 1 aliphatic heterocycles. The third kappa shape index (κ3) is 2.96. The molecule has 1 saturated heterocycles. The number of benzene rings is 1. The summed E-state index contributed by atoms with van der Waals surface area (Å²) in [7, 11) is 0. The van der Waals surface area contributed by atoms with E-state index in [0.717, 1.165) is 6.42 Å². The molecule has 1 amide bonds. The molecule has 0 unspecified atom stereocenters. The SMILES string of the molecule is O=C(O)N1CC[C@H](Cn2cnnc2-c2ccc(Br)cc2F)C1. The van der Waals surface area contributed by atoms with Crippen LogP contribution >= 0.6 is 15.9 Å². The van der Waals surface area contributed by atoms with Gasteiger partial charge in [0.15, 0.2) is 5.82 Å². The lowest BCUT2D eigenvalue weighted by Crippen LogP contribution is -2.27. The van der Waals surface area contributed by atoms with Crippen LogP contribution in [0.1, 0.15) is 6.42 Å². The van der Waals surface area contributed by atoms with E-state index in [1.807, 2.05) is 0 Å². The molecule has 22 heavy (non-hydrogen) atoms. The number of carbonyl (C=O) groups is 1. The van der Waals surface area contributed by atoms with Crippen LogP contribution in [-0.2, 0) is 6.54 Å². The van der Waals surface area contributed by atoms with Crippen molar-refractivity contribution >= 4 is 22.0 Å². The molecule has 0 saturated carbocycles. The fraction of sp³-hybridized carbons (Fsp3) is 0.357. The number of rotatable bonds is 3. The first-order valence-corrected chi connectivity index (χ1v) is 7.65. The summed E-state index contributed by atoms with van der Waals surface area (Å²) in [5.74, 6) is 0.269. The minimum absolute atomic E-state index is 0.185. The highest BCUT2D eigenvalue weighted by molar-refractivity contribution is 9.10. The molecule has 2 aromatic rings. The summed E-state index contributed by atoms with van der Waals surface area (Å²) in [4.78, 5) is 12.4. The number of nitrogens with zero attached hydrogens (tertiary/aromatic N) is 4. The molecule has 1 atom stereocenters. The van der Waals surface area contributed by atoms with Gasteiger partial charge in [-0.05, 0) is 30.5 Å². The Morgan fingerprint density at radius 3 is 3.00 bits per heavy atom. The van der Waals surface area contributed by atoms with Crippen LogP contribution in [0.25, 0.3) is 11.4 Å². The molecule has 0 radical (unpaired) electrons. The molecular weight excluding hydrogens is 355 g/mol. The minimum Gasteiger partial charge on any atom is -0.465 e. The Morgan fingerprint density at radius 2 is 2.32 bits per heavy atom. The van der Waals surface area contributed by atoms with E-state index in [0.29, 0.717) is 35.5 Å². The Kier molecular flexibility index (Phi) is 4.10. The topological polar surface area (TPSA) is 71.2 Å². The largest absolute Gasteiger partial charge is 0.465 e. The van der Waals surface area contributed by atoms with E-state index >= 15 is 0 Å². The normalized spacial score (nSPS) is 17.9. The lowest BCUT2D eigenvalue weighted by Gasteiger charge is -2.14. The standard InChI is InChI=1S/C14H14BrFN4O2/c15-10-1-2-11(12(16)5-10)13-18-17-8-20(13)7-9-3-4-19(6-9)14(21)22/h1-2,5,8-9H,3-4,6-7H2,(H,21,22)/t9-/m0/s1. The molecule has 1 fully saturated rings. The molecule has 1 N–H and O–H groups in total. The predicted molar refractivity (Wildman–Crippen MR) is 80.8 cm³/mol. The zero-order chi connectivity index (χ0) is 15.7. The van der Waals surface area contributed by atoms with Crippen molar-refractivity contribution < 1.29 is 14.3 Å². The molecule has 0 aliphatic carbocycles. The number of hydrogen-bond acceptors (Lipinski definition) is 3. The molecule has 8 heteroatoms. The van der Waals surface area contributed by atoms with Crippen LogP contribution in [0, 0.1) is 11.7 Å². The number of amides is 1. The van der Waals surface area contributed by atoms with Crippen molar-refractivity contribution in [2.45, 2.75) is 13.0 Å². The monoisotopic (exact) mass is 368 g/mol. The van der Waals surface area contributed by atoms with Gasteiger partial charge in [-0.1, -0.05) is 15.9 Å². The van der Waals surface area contributed by atoms with Gasteiger partial charge in [-0.2, -0.15) is 0 Å². The lowest BCUT2D eigenvalue weighted by molar-refractivity contribution is 0.153. The van der Waals surface area contributed by atoms with Gasteiger partial charge in [-0.15, -0.1) is 10.2 Å². The van der Waals surface area contributed by atoms with Gasteiger partial charge >= 0.3 is 6.09 Å². The van der Waals surface area contributed by atoms with Crippen LogP contribution in [0.5, 0.6) is 0 Å². The first kappa shape index (κ1) is 15.0. The van der Waals surface area contributed by atoms with E-state index in [9.17, 15) is 9.18 Å². The highest BCUT2D eigenvalue weighted by Crippen LogP contribution is 2.26. The summed E-state index contributed by atoms with van der Waals surface area (Å²) in [6, 6.07) is 4.79. The van der Waals surface area contributed by atoms with E-state index in [4.69, 9.17) is 5.11 Å². The smallest absolute Gasteiger partial charge is 0.407 e. The third-order valence-electron chi connectivity index (χ3n) is 3.80. The Balaban J connectivity index is 1.80. The maximum absolute atomic E-state index is 14.1. The van der Waals surface area contributed by atoms with E-state index in [1.54, 1.807) is 23.0 Å². The van der Waals surface area contributed by atoms with Gasteiger partial charge in [-0.25, -0.2) is 9.18 Å². The van der Waals surface area contributed by atoms with E-state index in [-0.39, 0.29) is 11.7 Å². The van der Waals surface area contributed by atoms with Gasteiger partial charge < -0.3 is 14.6 Å². The van der Waals surface area contributed by atoms with Crippen LogP contribution in [0.3, 0.4) is 0 Å². The quantitative estimate of drug-likeness (QED) is 0.903. The molecule has 0 spiro atoms. The zero-order valence-electron chi connectivity index (χ0n) is 11.6. The molecule has 1 aliphatic rings. The van der Waals surface area contributed by atoms with Crippen LogP contribution in [-0.4, -0.2) is 44.0 Å². The second kappa shape index (κ2) is 6.04. The summed E-state index contributed by atoms with van der Waals surface area (Å²) >= 11 is 3.23. The number of likely N-dealkylation sites (tertiary alicyclic amines) is 1. The number of hydrogen-bond donors (Lipinski definition) is 1. The molecule has 1 aromatic carbocycles. The van der Waals surface area contributed by atoms with Gasteiger partial charge in [0.2, 0.25) is 0 Å². The van der Waals surface area contributed by atoms with E-state index in [2.05, 4.69) is 26.1 Å². The van der Waals surface area contributed by atoms with Crippen molar-refractivity contribution in [1.82, 2.24) is 19.7 Å². The van der Waals surface area contributed by atoms with E-state index < -0.39 is 6.09 Å². The second-order valence-corrected chi connectivity index (χ2v) is 6.23. The number of halogens is 2. The predicted octanol–water partition coefficient (Wildman–Crippen LogP) is 2.85. The molecular formula is C14H14BrFN4O2. The molecule has 6 nitrogen and oxygen atoms in total. The first-order valence-electron chi connectivity index (χ1n) is 6.85. The van der Waals surface area contributed by atoms with Crippen molar-refractivity contribution in [3.05, 3.63) is 34.8 Å². The number of aromatic nitrogens is 3. The van der Waals surface area contributed by atoms with Crippen molar-refractivity contribution in [2.24, 2.45) is 5.92 Å². The van der Waals surface area contributed by atoms with Crippen LogP contribution in [0.2, 0.25) is 0 Å². The zero-order valence-corrected chi connectivity index (χ0v) is 13.2. The van der Waals surface area contributed by atoms with Crippen LogP contribution < -0.4 is 0 Å². The maximum Gasteiger partial charge on any atom is 0.407 e. The summed E-state index contributed by atoms with van der Waals surface area (Å²) in [5, 5.41) is 16.9. The highest BCUT2D eigenvalue weighted by atomic mass is 79.9.